The molecule has 0 N–H and O–H groups in total. The number of ether oxygens (including phenoxy) is 2. The third-order valence-electron chi connectivity index (χ3n) is 2.39. The van der Waals surface area contributed by atoms with Crippen LogP contribution >= 0.6 is 11.6 Å². The predicted molar refractivity (Wildman–Crippen MR) is 69.5 cm³/mol. The zero-order valence-corrected chi connectivity index (χ0v) is 11.2. The molecule has 0 saturated carbocycles. The smallest absolute Gasteiger partial charge is 0.305 e. The lowest BCUT2D eigenvalue weighted by Gasteiger charge is -2.06. The molecule has 0 aliphatic carbocycles. The van der Waals surface area contributed by atoms with Crippen LogP contribution in [-0.4, -0.2) is 24.6 Å². The van der Waals surface area contributed by atoms with E-state index in [-0.39, 0.29) is 16.7 Å². The molecule has 1 aromatic carbocycles. The average Bonchev–Trinajstić information content (AvgIpc) is 2.39. The van der Waals surface area contributed by atoms with Crippen LogP contribution in [0.2, 0.25) is 5.02 Å². The van der Waals surface area contributed by atoms with E-state index in [9.17, 15) is 14.9 Å². The number of esters is 1. The van der Waals surface area contributed by atoms with Crippen molar-refractivity contribution in [2.45, 2.75) is 19.3 Å². The van der Waals surface area contributed by atoms with Crippen LogP contribution in [0.25, 0.3) is 0 Å². The van der Waals surface area contributed by atoms with Gasteiger partial charge in [0.1, 0.15) is 10.8 Å². The Balaban J connectivity index is 2.40. The number of hydrogen-bond donors (Lipinski definition) is 0. The van der Waals surface area contributed by atoms with Crippen LogP contribution in [0.15, 0.2) is 18.2 Å². The lowest BCUT2D eigenvalue weighted by molar-refractivity contribution is -0.384. The molecule has 0 atom stereocenters. The summed E-state index contributed by atoms with van der Waals surface area (Å²) < 4.78 is 9.85. The molecule has 0 aromatic heterocycles. The number of methoxy groups -OCH3 is 1. The first-order valence-electron chi connectivity index (χ1n) is 5.68. The van der Waals surface area contributed by atoms with Crippen LogP contribution in [0.1, 0.15) is 19.3 Å². The van der Waals surface area contributed by atoms with Gasteiger partial charge < -0.3 is 9.47 Å². The number of rotatable bonds is 7. The largest absolute Gasteiger partial charge is 0.493 e. The van der Waals surface area contributed by atoms with E-state index in [0.29, 0.717) is 31.6 Å². The van der Waals surface area contributed by atoms with Gasteiger partial charge in [0, 0.05) is 6.42 Å². The van der Waals surface area contributed by atoms with E-state index >= 15 is 0 Å². The van der Waals surface area contributed by atoms with Gasteiger partial charge in [0.25, 0.3) is 5.69 Å². The number of nitro groups is 1. The monoisotopic (exact) mass is 287 g/mol. The SMILES string of the molecule is COC(=O)CCCCOc1ccc(Cl)c([N+](=O)[O-])c1. The van der Waals surface area contributed by atoms with Crippen molar-refractivity contribution >= 4 is 23.3 Å². The Bertz CT molecular complexity index is 463. The molecule has 0 fully saturated rings. The second-order valence-corrected chi connectivity index (χ2v) is 4.16. The van der Waals surface area contributed by atoms with Crippen molar-refractivity contribution in [3.05, 3.63) is 33.3 Å². The van der Waals surface area contributed by atoms with Crippen LogP contribution in [-0.2, 0) is 9.53 Å². The van der Waals surface area contributed by atoms with E-state index in [4.69, 9.17) is 16.3 Å². The van der Waals surface area contributed by atoms with Crippen LogP contribution in [0.5, 0.6) is 5.75 Å². The van der Waals surface area contributed by atoms with Gasteiger partial charge in [-0.2, -0.15) is 0 Å². The fourth-order valence-corrected chi connectivity index (χ4v) is 1.57. The second kappa shape index (κ2) is 7.58. The molecule has 7 heteroatoms. The number of benzene rings is 1. The molecule has 0 bridgehead atoms. The van der Waals surface area contributed by atoms with E-state index < -0.39 is 4.92 Å². The highest BCUT2D eigenvalue weighted by atomic mass is 35.5. The first-order chi connectivity index (χ1) is 9.04. The standard InChI is InChI=1S/C12H14ClNO5/c1-18-12(15)4-2-3-7-19-9-5-6-10(13)11(8-9)14(16)17/h5-6,8H,2-4,7H2,1H3. The van der Waals surface area contributed by atoms with Crippen molar-refractivity contribution in [1.29, 1.82) is 0 Å². The summed E-state index contributed by atoms with van der Waals surface area (Å²) >= 11 is 5.68. The van der Waals surface area contributed by atoms with E-state index in [0.717, 1.165) is 0 Å². The maximum Gasteiger partial charge on any atom is 0.305 e. The topological polar surface area (TPSA) is 78.7 Å². The van der Waals surface area contributed by atoms with Crippen LogP contribution in [0, 0.1) is 10.1 Å². The highest BCUT2D eigenvalue weighted by Crippen LogP contribution is 2.28. The van der Waals surface area contributed by atoms with Gasteiger partial charge in [-0.3, -0.25) is 14.9 Å². The van der Waals surface area contributed by atoms with Gasteiger partial charge in [-0.1, -0.05) is 11.6 Å². The molecule has 19 heavy (non-hydrogen) atoms. The summed E-state index contributed by atoms with van der Waals surface area (Å²) in [7, 11) is 1.34. The van der Waals surface area contributed by atoms with Gasteiger partial charge in [0.05, 0.1) is 24.7 Å². The predicted octanol–water partition coefficient (Wildman–Crippen LogP) is 2.97. The fourth-order valence-electron chi connectivity index (χ4n) is 1.39. The number of carbonyl (C=O) groups excluding carboxylic acids is 1. The van der Waals surface area contributed by atoms with Crippen molar-refractivity contribution in [3.63, 3.8) is 0 Å². The highest BCUT2D eigenvalue weighted by molar-refractivity contribution is 6.32. The van der Waals surface area contributed by atoms with Gasteiger partial charge in [-0.15, -0.1) is 0 Å². The van der Waals surface area contributed by atoms with Crippen LogP contribution in [0.3, 0.4) is 0 Å². The lowest BCUT2D eigenvalue weighted by Crippen LogP contribution is -2.02. The normalized spacial score (nSPS) is 10.0. The van der Waals surface area contributed by atoms with E-state index in [1.807, 2.05) is 0 Å². The van der Waals surface area contributed by atoms with Crippen molar-refractivity contribution in [3.8, 4) is 5.75 Å². The average molecular weight is 288 g/mol. The zero-order chi connectivity index (χ0) is 14.3. The molecule has 0 radical (unpaired) electrons. The second-order valence-electron chi connectivity index (χ2n) is 3.75. The van der Waals surface area contributed by atoms with Gasteiger partial charge >= 0.3 is 5.97 Å². The van der Waals surface area contributed by atoms with E-state index in [1.165, 1.54) is 19.2 Å². The molecule has 0 aliphatic rings. The molecule has 1 aromatic rings. The molecule has 0 amide bonds. The molecule has 0 aliphatic heterocycles. The van der Waals surface area contributed by atoms with E-state index in [2.05, 4.69) is 4.74 Å². The Labute approximate surface area is 115 Å². The lowest BCUT2D eigenvalue weighted by atomic mass is 10.2. The minimum atomic E-state index is -0.563. The summed E-state index contributed by atoms with van der Waals surface area (Å²) in [5.74, 6) is 0.122. The van der Waals surface area contributed by atoms with Crippen molar-refractivity contribution in [2.75, 3.05) is 13.7 Å². The Hall–Kier alpha value is -1.82. The maximum absolute atomic E-state index is 10.8. The molecule has 6 nitrogen and oxygen atoms in total. The summed E-state index contributed by atoms with van der Waals surface area (Å²) in [6.45, 7) is 0.371. The van der Waals surface area contributed by atoms with Crippen LogP contribution in [0.4, 0.5) is 5.69 Å². The molecule has 0 unspecified atom stereocenters. The number of nitro benzene ring substituents is 1. The van der Waals surface area contributed by atoms with E-state index in [1.54, 1.807) is 6.07 Å². The van der Waals surface area contributed by atoms with Crippen molar-refractivity contribution in [2.24, 2.45) is 0 Å². The quantitative estimate of drug-likeness (QED) is 0.333. The first kappa shape index (κ1) is 15.2. The Morgan fingerprint density at radius 1 is 1.42 bits per heavy atom. The number of unbranched alkanes of at least 4 members (excludes halogenated alkanes) is 1. The van der Waals surface area contributed by atoms with Gasteiger partial charge in [-0.25, -0.2) is 0 Å². The zero-order valence-electron chi connectivity index (χ0n) is 10.4. The summed E-state index contributed by atoms with van der Waals surface area (Å²) in [5.41, 5.74) is -0.186. The molecule has 0 heterocycles. The van der Waals surface area contributed by atoms with Crippen LogP contribution < -0.4 is 4.74 Å². The number of halogens is 1. The molecule has 1 rings (SSSR count). The van der Waals surface area contributed by atoms with Gasteiger partial charge in [0.2, 0.25) is 0 Å². The molecule has 0 spiro atoms. The molecular formula is C12H14ClNO5. The Morgan fingerprint density at radius 3 is 2.79 bits per heavy atom. The maximum atomic E-state index is 10.8. The van der Waals surface area contributed by atoms with Gasteiger partial charge in [-0.05, 0) is 25.0 Å². The minimum Gasteiger partial charge on any atom is -0.493 e. The third-order valence-corrected chi connectivity index (χ3v) is 2.71. The molecule has 0 saturated heterocycles. The van der Waals surface area contributed by atoms with Crippen molar-refractivity contribution in [1.82, 2.24) is 0 Å². The Morgan fingerprint density at radius 2 is 2.16 bits per heavy atom. The van der Waals surface area contributed by atoms with Gasteiger partial charge in [0.15, 0.2) is 0 Å². The highest BCUT2D eigenvalue weighted by Gasteiger charge is 2.13. The molecule has 104 valence electrons. The minimum absolute atomic E-state index is 0.0723. The number of nitrogens with zero attached hydrogens (tertiary/aromatic N) is 1. The first-order valence-corrected chi connectivity index (χ1v) is 6.06. The Kier molecular flexibility index (Phi) is 6.08. The van der Waals surface area contributed by atoms with Crippen molar-refractivity contribution < 1.29 is 19.2 Å². The number of hydrogen-bond acceptors (Lipinski definition) is 5. The molecular weight excluding hydrogens is 274 g/mol. The number of carbonyl (C=O) groups is 1. The summed E-state index contributed by atoms with van der Waals surface area (Å²) in [6.07, 6.45) is 1.63. The summed E-state index contributed by atoms with van der Waals surface area (Å²) in [6, 6.07) is 4.27. The summed E-state index contributed by atoms with van der Waals surface area (Å²) in [4.78, 5) is 21.0. The third kappa shape index (κ3) is 5.13. The summed E-state index contributed by atoms with van der Waals surface area (Å²) in [5, 5.41) is 10.7. The fraction of sp³-hybridized carbons (Fsp3) is 0.417.